The normalized spacial score (nSPS) is 12.6. The molecule has 1 rings (SSSR count). The Kier molecular flexibility index (Phi) is 10.5. The predicted molar refractivity (Wildman–Crippen MR) is 104 cm³/mol. The molecule has 0 fully saturated rings. The molecule has 5 nitrogen and oxygen atoms in total. The van der Waals surface area contributed by atoms with Crippen LogP contribution in [0.25, 0.3) is 0 Å². The van der Waals surface area contributed by atoms with Gasteiger partial charge in [0.25, 0.3) is 0 Å². The molecule has 0 aliphatic carbocycles. The third kappa shape index (κ3) is 8.08. The van der Waals surface area contributed by atoms with Crippen LogP contribution in [0.5, 0.6) is 11.5 Å². The van der Waals surface area contributed by atoms with E-state index in [4.69, 9.17) is 9.47 Å². The average molecular weight is 353 g/mol. The number of aliphatic hydroxyl groups excluding tert-OH is 1. The fraction of sp³-hybridized carbons (Fsp3) is 0.700. The van der Waals surface area contributed by atoms with Crippen molar-refractivity contribution < 1.29 is 14.6 Å². The first-order valence-corrected chi connectivity index (χ1v) is 9.42. The van der Waals surface area contributed by atoms with Gasteiger partial charge in [-0.1, -0.05) is 33.3 Å². The third-order valence-electron chi connectivity index (χ3n) is 4.37. The molecule has 25 heavy (non-hydrogen) atoms. The summed E-state index contributed by atoms with van der Waals surface area (Å²) in [4.78, 5) is 4.49. The maximum atomic E-state index is 10.2. The SMILES string of the molecule is CCCCN(C)Cc1ccc(OC)c(OCC(O)CN(CC)CC)c1. The zero-order valence-electron chi connectivity index (χ0n) is 16.6. The van der Waals surface area contributed by atoms with Crippen LogP contribution in [0.4, 0.5) is 0 Å². The number of unbranched alkanes of at least 4 members (excludes halogenated alkanes) is 1. The largest absolute Gasteiger partial charge is 0.493 e. The number of methoxy groups -OCH3 is 1. The van der Waals surface area contributed by atoms with Crippen molar-refractivity contribution in [1.29, 1.82) is 0 Å². The van der Waals surface area contributed by atoms with Crippen LogP contribution in [-0.4, -0.2) is 68.0 Å². The van der Waals surface area contributed by atoms with Gasteiger partial charge in [0.15, 0.2) is 11.5 Å². The quantitative estimate of drug-likeness (QED) is 0.591. The molecule has 0 radical (unpaired) electrons. The van der Waals surface area contributed by atoms with E-state index in [1.807, 2.05) is 12.1 Å². The van der Waals surface area contributed by atoms with Gasteiger partial charge >= 0.3 is 0 Å². The van der Waals surface area contributed by atoms with Gasteiger partial charge in [0.2, 0.25) is 0 Å². The molecule has 0 bridgehead atoms. The Morgan fingerprint density at radius 2 is 1.84 bits per heavy atom. The highest BCUT2D eigenvalue weighted by Crippen LogP contribution is 2.28. The summed E-state index contributed by atoms with van der Waals surface area (Å²) in [6.07, 6.45) is 1.89. The molecule has 0 spiro atoms. The second-order valence-electron chi connectivity index (χ2n) is 6.53. The van der Waals surface area contributed by atoms with E-state index < -0.39 is 6.10 Å². The standard InChI is InChI=1S/C20H36N2O3/c1-6-9-12-21(4)14-17-10-11-19(24-5)20(13-17)25-16-18(23)15-22(7-2)8-3/h10-11,13,18,23H,6-9,12,14-16H2,1-5H3. The fourth-order valence-electron chi connectivity index (χ4n) is 2.77. The first-order chi connectivity index (χ1) is 12.0. The molecule has 0 saturated carbocycles. The summed E-state index contributed by atoms with van der Waals surface area (Å²) < 4.78 is 11.3. The first-order valence-electron chi connectivity index (χ1n) is 9.42. The molecule has 0 heterocycles. The summed E-state index contributed by atoms with van der Waals surface area (Å²) in [6.45, 7) is 11.1. The lowest BCUT2D eigenvalue weighted by Gasteiger charge is -2.22. The van der Waals surface area contributed by atoms with Gasteiger partial charge in [-0.3, -0.25) is 0 Å². The maximum Gasteiger partial charge on any atom is 0.161 e. The Hall–Kier alpha value is -1.30. The molecular weight excluding hydrogens is 316 g/mol. The molecule has 0 aliphatic rings. The van der Waals surface area contributed by atoms with Crippen molar-refractivity contribution in [3.8, 4) is 11.5 Å². The summed E-state index contributed by atoms with van der Waals surface area (Å²) >= 11 is 0. The Morgan fingerprint density at radius 1 is 1.12 bits per heavy atom. The summed E-state index contributed by atoms with van der Waals surface area (Å²) in [5, 5.41) is 10.2. The van der Waals surface area contributed by atoms with E-state index in [1.165, 1.54) is 18.4 Å². The van der Waals surface area contributed by atoms with E-state index in [-0.39, 0.29) is 6.61 Å². The minimum Gasteiger partial charge on any atom is -0.493 e. The highest BCUT2D eigenvalue weighted by atomic mass is 16.5. The van der Waals surface area contributed by atoms with Crippen molar-refractivity contribution in [3.05, 3.63) is 23.8 Å². The summed E-state index contributed by atoms with van der Waals surface area (Å²) in [5.41, 5.74) is 1.19. The number of rotatable bonds is 13. The van der Waals surface area contributed by atoms with E-state index in [2.05, 4.69) is 43.7 Å². The van der Waals surface area contributed by atoms with E-state index >= 15 is 0 Å². The van der Waals surface area contributed by atoms with Gasteiger partial charge in [-0.25, -0.2) is 0 Å². The number of nitrogens with zero attached hydrogens (tertiary/aromatic N) is 2. The number of aliphatic hydroxyl groups is 1. The molecule has 1 unspecified atom stereocenters. The second-order valence-corrected chi connectivity index (χ2v) is 6.53. The highest BCUT2D eigenvalue weighted by Gasteiger charge is 2.13. The predicted octanol–water partition coefficient (Wildman–Crippen LogP) is 3.01. The van der Waals surface area contributed by atoms with Crippen molar-refractivity contribution >= 4 is 0 Å². The minimum atomic E-state index is -0.513. The van der Waals surface area contributed by atoms with Crippen LogP contribution in [-0.2, 0) is 6.54 Å². The lowest BCUT2D eigenvalue weighted by atomic mass is 10.2. The van der Waals surface area contributed by atoms with E-state index in [9.17, 15) is 5.11 Å². The molecule has 1 N–H and O–H groups in total. The molecule has 1 atom stereocenters. The molecule has 0 amide bonds. The number of likely N-dealkylation sites (N-methyl/N-ethyl adjacent to an activating group) is 1. The monoisotopic (exact) mass is 352 g/mol. The molecule has 0 aromatic heterocycles. The average Bonchev–Trinajstić information content (AvgIpc) is 2.62. The number of ether oxygens (including phenoxy) is 2. The van der Waals surface area contributed by atoms with Gasteiger partial charge in [-0.15, -0.1) is 0 Å². The highest BCUT2D eigenvalue weighted by molar-refractivity contribution is 5.43. The lowest BCUT2D eigenvalue weighted by molar-refractivity contribution is 0.0705. The zero-order chi connectivity index (χ0) is 18.7. The fourth-order valence-corrected chi connectivity index (χ4v) is 2.77. The Labute approximate surface area is 153 Å². The third-order valence-corrected chi connectivity index (χ3v) is 4.37. The molecular formula is C20H36N2O3. The van der Waals surface area contributed by atoms with E-state index in [0.29, 0.717) is 18.0 Å². The Morgan fingerprint density at radius 3 is 2.44 bits per heavy atom. The topological polar surface area (TPSA) is 45.2 Å². The number of benzene rings is 1. The Bertz CT molecular complexity index is 478. The lowest BCUT2D eigenvalue weighted by Crippen LogP contribution is -2.35. The van der Waals surface area contributed by atoms with Gasteiger partial charge in [0.1, 0.15) is 12.7 Å². The van der Waals surface area contributed by atoms with Crippen LogP contribution in [0.1, 0.15) is 39.2 Å². The van der Waals surface area contributed by atoms with Crippen molar-refractivity contribution in [2.45, 2.75) is 46.3 Å². The minimum absolute atomic E-state index is 0.266. The van der Waals surface area contributed by atoms with Gasteiger partial charge in [-0.05, 0) is 50.8 Å². The van der Waals surface area contributed by atoms with Gasteiger partial charge in [0, 0.05) is 13.1 Å². The first kappa shape index (κ1) is 21.7. The van der Waals surface area contributed by atoms with Crippen molar-refractivity contribution in [2.24, 2.45) is 0 Å². The van der Waals surface area contributed by atoms with Crippen LogP contribution in [0.2, 0.25) is 0 Å². The van der Waals surface area contributed by atoms with Crippen LogP contribution >= 0.6 is 0 Å². The van der Waals surface area contributed by atoms with Crippen molar-refractivity contribution in [2.75, 3.05) is 46.9 Å². The van der Waals surface area contributed by atoms with E-state index in [0.717, 1.165) is 26.2 Å². The van der Waals surface area contributed by atoms with Crippen LogP contribution in [0.15, 0.2) is 18.2 Å². The molecule has 1 aromatic carbocycles. The van der Waals surface area contributed by atoms with Crippen LogP contribution in [0.3, 0.4) is 0 Å². The molecule has 1 aromatic rings. The summed E-state index contributed by atoms with van der Waals surface area (Å²) in [5.74, 6) is 1.40. The second kappa shape index (κ2) is 12.1. The molecule has 0 saturated heterocycles. The summed E-state index contributed by atoms with van der Waals surface area (Å²) in [6, 6.07) is 6.03. The van der Waals surface area contributed by atoms with Crippen molar-refractivity contribution in [1.82, 2.24) is 9.80 Å². The van der Waals surface area contributed by atoms with E-state index in [1.54, 1.807) is 7.11 Å². The van der Waals surface area contributed by atoms with Crippen molar-refractivity contribution in [3.63, 3.8) is 0 Å². The summed E-state index contributed by atoms with van der Waals surface area (Å²) in [7, 11) is 3.77. The van der Waals surface area contributed by atoms with Gasteiger partial charge in [-0.2, -0.15) is 0 Å². The van der Waals surface area contributed by atoms with Crippen LogP contribution < -0.4 is 9.47 Å². The molecule has 144 valence electrons. The smallest absolute Gasteiger partial charge is 0.161 e. The number of hydrogen-bond acceptors (Lipinski definition) is 5. The van der Waals surface area contributed by atoms with Gasteiger partial charge < -0.3 is 24.4 Å². The van der Waals surface area contributed by atoms with Gasteiger partial charge in [0.05, 0.1) is 7.11 Å². The van der Waals surface area contributed by atoms with Crippen LogP contribution in [0, 0.1) is 0 Å². The maximum absolute atomic E-state index is 10.2. The number of hydrogen-bond donors (Lipinski definition) is 1. The molecule has 5 heteroatoms. The molecule has 0 aliphatic heterocycles. The Balaban J connectivity index is 2.65. The zero-order valence-corrected chi connectivity index (χ0v) is 16.6.